The third-order valence-electron chi connectivity index (χ3n) is 5.97. The summed E-state index contributed by atoms with van der Waals surface area (Å²) in [6.45, 7) is 1.68. The van der Waals surface area contributed by atoms with E-state index in [4.69, 9.17) is 0 Å². The van der Waals surface area contributed by atoms with Gasteiger partial charge in [0.25, 0.3) is 5.69 Å². The van der Waals surface area contributed by atoms with Crippen molar-refractivity contribution in [3.05, 3.63) is 124 Å². The number of carbonyl (C=O) groups is 1. The van der Waals surface area contributed by atoms with Gasteiger partial charge in [-0.05, 0) is 41.8 Å². The van der Waals surface area contributed by atoms with Gasteiger partial charge < -0.3 is 20.3 Å². The summed E-state index contributed by atoms with van der Waals surface area (Å²) in [5, 5.41) is 27.2. The Morgan fingerprint density at radius 3 is 2.37 bits per heavy atom. The number of carbonyl (C=O) groups excluding carboxylic acids is 1. The van der Waals surface area contributed by atoms with Crippen molar-refractivity contribution in [2.75, 3.05) is 18.4 Å². The van der Waals surface area contributed by atoms with Crippen molar-refractivity contribution in [2.45, 2.75) is 25.5 Å². The van der Waals surface area contributed by atoms with E-state index in [-0.39, 0.29) is 30.4 Å². The third kappa shape index (κ3) is 8.24. The molecule has 0 aliphatic carbocycles. The Bertz CT molecular complexity index is 1310. The van der Waals surface area contributed by atoms with E-state index in [0.29, 0.717) is 24.6 Å². The molecule has 10 heteroatoms. The van der Waals surface area contributed by atoms with E-state index in [1.165, 1.54) is 12.1 Å². The number of imidazole rings is 1. The van der Waals surface area contributed by atoms with Crippen LogP contribution in [0, 0.1) is 10.1 Å². The molecule has 0 saturated carbocycles. The minimum Gasteiger partial charge on any atom is -0.387 e. The zero-order valence-electron chi connectivity index (χ0n) is 20.7. The van der Waals surface area contributed by atoms with Gasteiger partial charge in [-0.15, -0.1) is 12.4 Å². The van der Waals surface area contributed by atoms with Gasteiger partial charge in [-0.2, -0.15) is 0 Å². The summed E-state index contributed by atoms with van der Waals surface area (Å²) >= 11 is 0. The molecule has 0 radical (unpaired) electrons. The summed E-state index contributed by atoms with van der Waals surface area (Å²) < 4.78 is 1.85. The van der Waals surface area contributed by atoms with Crippen LogP contribution >= 0.6 is 12.4 Å². The second kappa shape index (κ2) is 14.0. The average Bonchev–Trinajstić information content (AvgIpc) is 3.34. The van der Waals surface area contributed by atoms with Crippen molar-refractivity contribution in [1.29, 1.82) is 0 Å². The van der Waals surface area contributed by atoms with E-state index < -0.39 is 11.0 Å². The van der Waals surface area contributed by atoms with Crippen molar-refractivity contribution in [1.82, 2.24) is 14.9 Å². The standard InChI is InChI=1S/C28H29N5O4.ClH/c34-26(23-4-2-1-3-5-23)19-29-15-14-21-6-10-24(11-7-21)31-28(35)18-27-30-16-17-32(27)20-22-8-12-25(13-9-22)33(36)37;/h1-13,16-17,26,29,34H,14-15,18-20H2,(H,31,35);1H. The van der Waals surface area contributed by atoms with E-state index in [0.717, 1.165) is 29.7 Å². The molecule has 4 rings (SSSR count). The van der Waals surface area contributed by atoms with Crippen LogP contribution in [0.15, 0.2) is 91.3 Å². The molecule has 0 saturated heterocycles. The monoisotopic (exact) mass is 535 g/mol. The molecule has 9 nitrogen and oxygen atoms in total. The molecule has 0 spiro atoms. The maximum atomic E-state index is 12.6. The molecule has 3 N–H and O–H groups in total. The molecule has 1 aromatic heterocycles. The van der Waals surface area contributed by atoms with Crippen LogP contribution in [0.4, 0.5) is 11.4 Å². The topological polar surface area (TPSA) is 122 Å². The number of nitro groups is 1. The molecule has 1 unspecified atom stereocenters. The van der Waals surface area contributed by atoms with Gasteiger partial charge >= 0.3 is 0 Å². The van der Waals surface area contributed by atoms with E-state index in [1.807, 2.05) is 59.2 Å². The molecule has 0 aliphatic heterocycles. The van der Waals surface area contributed by atoms with Crippen LogP contribution in [0.5, 0.6) is 0 Å². The van der Waals surface area contributed by atoms with Crippen molar-refractivity contribution < 1.29 is 14.8 Å². The number of hydrogen-bond acceptors (Lipinski definition) is 6. The second-order valence-electron chi connectivity index (χ2n) is 8.70. The summed E-state index contributed by atoms with van der Waals surface area (Å²) in [6, 6.07) is 23.6. The largest absolute Gasteiger partial charge is 0.387 e. The minimum absolute atomic E-state index is 0. The van der Waals surface area contributed by atoms with Gasteiger partial charge in [0, 0.05) is 43.3 Å². The first-order valence-electron chi connectivity index (χ1n) is 12.0. The summed E-state index contributed by atoms with van der Waals surface area (Å²) in [5.41, 5.74) is 3.64. The number of amides is 1. The maximum absolute atomic E-state index is 12.6. The fraction of sp³-hybridized carbons (Fsp3) is 0.214. The number of aromatic nitrogens is 2. The zero-order valence-corrected chi connectivity index (χ0v) is 21.5. The normalized spacial score (nSPS) is 11.4. The lowest BCUT2D eigenvalue weighted by molar-refractivity contribution is -0.384. The van der Waals surface area contributed by atoms with Crippen LogP contribution in [0.25, 0.3) is 0 Å². The zero-order chi connectivity index (χ0) is 26.0. The van der Waals surface area contributed by atoms with Crippen molar-refractivity contribution in [2.24, 2.45) is 0 Å². The summed E-state index contributed by atoms with van der Waals surface area (Å²) in [4.78, 5) is 27.3. The van der Waals surface area contributed by atoms with Gasteiger partial charge in [-0.1, -0.05) is 54.6 Å². The number of halogens is 1. The van der Waals surface area contributed by atoms with Gasteiger partial charge in [-0.3, -0.25) is 14.9 Å². The lowest BCUT2D eigenvalue weighted by Gasteiger charge is -2.12. The second-order valence-corrected chi connectivity index (χ2v) is 8.70. The van der Waals surface area contributed by atoms with Gasteiger partial charge in [-0.25, -0.2) is 4.98 Å². The van der Waals surface area contributed by atoms with Crippen LogP contribution < -0.4 is 10.6 Å². The number of aliphatic hydroxyl groups excluding tert-OH is 1. The van der Waals surface area contributed by atoms with Crippen molar-refractivity contribution >= 4 is 29.7 Å². The molecule has 1 heterocycles. The number of hydrogen-bond donors (Lipinski definition) is 3. The Morgan fingerprint density at radius 1 is 1.00 bits per heavy atom. The fourth-order valence-corrected chi connectivity index (χ4v) is 3.94. The summed E-state index contributed by atoms with van der Waals surface area (Å²) in [5.74, 6) is 0.428. The number of non-ortho nitro benzene ring substituents is 1. The van der Waals surface area contributed by atoms with E-state index in [9.17, 15) is 20.0 Å². The van der Waals surface area contributed by atoms with Gasteiger partial charge in [0.1, 0.15) is 5.82 Å². The van der Waals surface area contributed by atoms with E-state index >= 15 is 0 Å². The third-order valence-corrected chi connectivity index (χ3v) is 5.97. The summed E-state index contributed by atoms with van der Waals surface area (Å²) in [7, 11) is 0. The molecule has 4 aromatic rings. The Kier molecular flexibility index (Phi) is 10.5. The lowest BCUT2D eigenvalue weighted by atomic mass is 10.1. The number of nitrogens with zero attached hydrogens (tertiary/aromatic N) is 3. The number of nitro benzene ring substituents is 1. The molecular formula is C28H30ClN5O4. The highest BCUT2D eigenvalue weighted by Gasteiger charge is 2.11. The molecule has 1 atom stereocenters. The minimum atomic E-state index is -0.538. The van der Waals surface area contributed by atoms with Crippen LogP contribution in [0.1, 0.15) is 28.6 Å². The first-order valence-corrected chi connectivity index (χ1v) is 12.0. The van der Waals surface area contributed by atoms with Crippen molar-refractivity contribution in [3.63, 3.8) is 0 Å². The fourth-order valence-electron chi connectivity index (χ4n) is 3.94. The smallest absolute Gasteiger partial charge is 0.269 e. The average molecular weight is 536 g/mol. The predicted molar refractivity (Wildman–Crippen MR) is 148 cm³/mol. The lowest BCUT2D eigenvalue weighted by Crippen LogP contribution is -2.23. The number of rotatable bonds is 12. The number of benzene rings is 3. The Hall–Kier alpha value is -4.05. The Morgan fingerprint density at radius 2 is 1.68 bits per heavy atom. The maximum Gasteiger partial charge on any atom is 0.269 e. The Balaban J connectivity index is 0.00000400. The number of aliphatic hydroxyl groups is 1. The number of anilines is 1. The van der Waals surface area contributed by atoms with Crippen LogP contribution in [0.3, 0.4) is 0 Å². The van der Waals surface area contributed by atoms with Gasteiger partial charge in [0.15, 0.2) is 0 Å². The molecule has 198 valence electrons. The van der Waals surface area contributed by atoms with Gasteiger partial charge in [0.2, 0.25) is 5.91 Å². The Labute approximate surface area is 227 Å². The summed E-state index contributed by atoms with van der Waals surface area (Å²) in [6.07, 6.45) is 3.79. The van der Waals surface area contributed by atoms with Crippen LogP contribution in [0.2, 0.25) is 0 Å². The van der Waals surface area contributed by atoms with Crippen LogP contribution in [-0.4, -0.2) is 38.6 Å². The molecular weight excluding hydrogens is 506 g/mol. The van der Waals surface area contributed by atoms with Crippen molar-refractivity contribution in [3.8, 4) is 0 Å². The highest BCUT2D eigenvalue weighted by atomic mass is 35.5. The number of nitrogens with one attached hydrogen (secondary N) is 2. The van der Waals surface area contributed by atoms with E-state index in [2.05, 4.69) is 15.6 Å². The molecule has 3 aromatic carbocycles. The molecule has 1 amide bonds. The van der Waals surface area contributed by atoms with E-state index in [1.54, 1.807) is 24.5 Å². The molecule has 38 heavy (non-hydrogen) atoms. The molecule has 0 aliphatic rings. The predicted octanol–water partition coefficient (Wildman–Crippen LogP) is 4.31. The van der Waals surface area contributed by atoms with Crippen LogP contribution in [-0.2, 0) is 24.2 Å². The first kappa shape index (κ1) is 28.5. The highest BCUT2D eigenvalue weighted by molar-refractivity contribution is 5.91. The first-order chi connectivity index (χ1) is 18.0. The highest BCUT2D eigenvalue weighted by Crippen LogP contribution is 2.15. The quantitative estimate of drug-likeness (QED) is 0.141. The SMILES string of the molecule is Cl.O=C(Cc1nccn1Cc1ccc([N+](=O)[O-])cc1)Nc1ccc(CCNCC(O)c2ccccc2)cc1. The molecule has 0 bridgehead atoms. The van der Waals surface area contributed by atoms with Gasteiger partial charge in [0.05, 0.1) is 17.4 Å². The molecule has 0 fully saturated rings.